The van der Waals surface area contributed by atoms with Crippen molar-refractivity contribution in [1.29, 1.82) is 0 Å². The molecule has 0 heterocycles. The van der Waals surface area contributed by atoms with Crippen LogP contribution in [0.2, 0.25) is 10.0 Å². The zero-order valence-corrected chi connectivity index (χ0v) is 9.01. The van der Waals surface area contributed by atoms with Crippen LogP contribution in [0.1, 0.15) is 5.56 Å². The van der Waals surface area contributed by atoms with Crippen LogP contribution in [0.25, 0.3) is 0 Å². The maximum absolute atomic E-state index is 5.84. The fraction of sp³-hybridized carbons (Fsp3) is 0.111. The zero-order chi connectivity index (χ0) is 8.97. The third-order valence-corrected chi connectivity index (χ3v) is 1.80. The van der Waals surface area contributed by atoms with Crippen LogP contribution < -0.4 is 5.73 Å². The highest BCUT2D eigenvalue weighted by atomic mass is 35.5. The summed E-state index contributed by atoms with van der Waals surface area (Å²) in [6.45, 7) is 0.332. The first-order valence-corrected chi connectivity index (χ1v) is 4.13. The van der Waals surface area contributed by atoms with Crippen molar-refractivity contribution in [3.05, 3.63) is 33.8 Å². The molecule has 1 rings (SSSR count). The molecule has 0 aliphatic heterocycles. The topological polar surface area (TPSA) is 26.0 Å². The molecule has 0 aliphatic rings. The molecular formula is C9H8Cl3N. The number of benzene rings is 1. The van der Waals surface area contributed by atoms with Crippen LogP contribution in [0.5, 0.6) is 0 Å². The molecule has 0 bridgehead atoms. The summed E-state index contributed by atoms with van der Waals surface area (Å²) >= 11 is 11.5. The van der Waals surface area contributed by atoms with E-state index in [4.69, 9.17) is 28.9 Å². The molecule has 0 aromatic heterocycles. The average Bonchev–Trinajstić information content (AvgIpc) is 2.03. The second kappa shape index (κ2) is 6.12. The third-order valence-electron chi connectivity index (χ3n) is 1.26. The maximum Gasteiger partial charge on any atom is 0.0577 e. The van der Waals surface area contributed by atoms with E-state index in [9.17, 15) is 0 Å². The molecule has 2 N–H and O–H groups in total. The van der Waals surface area contributed by atoms with Gasteiger partial charge in [0.1, 0.15) is 0 Å². The van der Waals surface area contributed by atoms with Crippen molar-refractivity contribution in [3.63, 3.8) is 0 Å². The number of halogens is 3. The fourth-order valence-corrected chi connectivity index (χ4v) is 1.19. The lowest BCUT2D eigenvalue weighted by Gasteiger charge is -1.94. The van der Waals surface area contributed by atoms with E-state index >= 15 is 0 Å². The molecule has 1 nitrogen and oxygen atoms in total. The van der Waals surface area contributed by atoms with E-state index < -0.39 is 0 Å². The van der Waals surface area contributed by atoms with Crippen LogP contribution in [0.15, 0.2) is 18.2 Å². The molecule has 70 valence electrons. The summed E-state index contributed by atoms with van der Waals surface area (Å²) in [6, 6.07) is 5.17. The van der Waals surface area contributed by atoms with Crippen LogP contribution in [0.4, 0.5) is 0 Å². The second-order valence-electron chi connectivity index (χ2n) is 2.13. The molecule has 13 heavy (non-hydrogen) atoms. The molecule has 0 unspecified atom stereocenters. The van der Waals surface area contributed by atoms with Crippen molar-refractivity contribution in [3.8, 4) is 11.8 Å². The van der Waals surface area contributed by atoms with Gasteiger partial charge in [-0.2, -0.15) is 0 Å². The van der Waals surface area contributed by atoms with Gasteiger partial charge in [-0.25, -0.2) is 0 Å². The molecule has 0 spiro atoms. The Hall–Kier alpha value is -0.390. The molecule has 1 aromatic rings. The Kier molecular flexibility index (Phi) is 5.94. The Balaban J connectivity index is 0.00000144. The van der Waals surface area contributed by atoms with E-state index in [2.05, 4.69) is 11.8 Å². The van der Waals surface area contributed by atoms with Crippen LogP contribution in [0, 0.1) is 11.8 Å². The Morgan fingerprint density at radius 2 is 2.00 bits per heavy atom. The van der Waals surface area contributed by atoms with Gasteiger partial charge in [0.25, 0.3) is 0 Å². The van der Waals surface area contributed by atoms with Crippen molar-refractivity contribution in [2.24, 2.45) is 5.73 Å². The van der Waals surface area contributed by atoms with Gasteiger partial charge in [0, 0.05) is 10.6 Å². The van der Waals surface area contributed by atoms with Crippen LogP contribution >= 0.6 is 35.6 Å². The van der Waals surface area contributed by atoms with E-state index in [-0.39, 0.29) is 12.4 Å². The van der Waals surface area contributed by atoms with Crippen molar-refractivity contribution in [2.45, 2.75) is 0 Å². The van der Waals surface area contributed by atoms with Gasteiger partial charge < -0.3 is 5.73 Å². The van der Waals surface area contributed by atoms with E-state index in [0.29, 0.717) is 16.6 Å². The first-order chi connectivity index (χ1) is 5.74. The molecule has 4 heteroatoms. The number of rotatable bonds is 0. The van der Waals surface area contributed by atoms with Gasteiger partial charge in [0.2, 0.25) is 0 Å². The molecule has 0 amide bonds. The fourth-order valence-electron chi connectivity index (χ4n) is 0.737. The Morgan fingerprint density at radius 1 is 1.31 bits per heavy atom. The normalized spacial score (nSPS) is 8.23. The summed E-state index contributed by atoms with van der Waals surface area (Å²) in [5.41, 5.74) is 5.97. The van der Waals surface area contributed by atoms with Crippen molar-refractivity contribution in [1.82, 2.24) is 0 Å². The Morgan fingerprint density at radius 3 is 2.54 bits per heavy atom. The minimum atomic E-state index is 0. The Bertz CT molecular complexity index is 338. The highest BCUT2D eigenvalue weighted by molar-refractivity contribution is 6.35. The Labute approximate surface area is 93.6 Å². The average molecular weight is 237 g/mol. The van der Waals surface area contributed by atoms with Gasteiger partial charge >= 0.3 is 0 Å². The highest BCUT2D eigenvalue weighted by Gasteiger charge is 1.96. The highest BCUT2D eigenvalue weighted by Crippen LogP contribution is 2.19. The molecule has 1 aromatic carbocycles. The monoisotopic (exact) mass is 235 g/mol. The van der Waals surface area contributed by atoms with Crippen LogP contribution in [-0.2, 0) is 0 Å². The van der Waals surface area contributed by atoms with Gasteiger partial charge in [-0.05, 0) is 18.2 Å². The number of nitrogens with two attached hydrogens (primary N) is 1. The zero-order valence-electron chi connectivity index (χ0n) is 6.68. The SMILES string of the molecule is Cl.NCC#Cc1ccc(Cl)cc1Cl. The maximum atomic E-state index is 5.84. The minimum Gasteiger partial charge on any atom is -0.320 e. The summed E-state index contributed by atoms with van der Waals surface area (Å²) in [7, 11) is 0. The van der Waals surface area contributed by atoms with E-state index in [1.807, 2.05) is 0 Å². The first kappa shape index (κ1) is 12.6. The van der Waals surface area contributed by atoms with E-state index in [1.165, 1.54) is 0 Å². The molecular weight excluding hydrogens is 228 g/mol. The predicted octanol–water partition coefficient (Wildman–Crippen LogP) is 2.73. The van der Waals surface area contributed by atoms with E-state index in [0.717, 1.165) is 5.56 Å². The predicted molar refractivity (Wildman–Crippen MR) is 59.6 cm³/mol. The molecule has 0 saturated carbocycles. The molecule has 0 aliphatic carbocycles. The lowest BCUT2D eigenvalue weighted by molar-refractivity contribution is 1.30. The quantitative estimate of drug-likeness (QED) is 0.689. The lowest BCUT2D eigenvalue weighted by Crippen LogP contribution is -1.93. The summed E-state index contributed by atoms with van der Waals surface area (Å²) < 4.78 is 0. The smallest absolute Gasteiger partial charge is 0.0577 e. The van der Waals surface area contributed by atoms with Crippen molar-refractivity contribution < 1.29 is 0 Å². The first-order valence-electron chi connectivity index (χ1n) is 3.38. The van der Waals surface area contributed by atoms with Gasteiger partial charge in [0.05, 0.1) is 11.6 Å². The molecule has 0 radical (unpaired) electrons. The summed E-state index contributed by atoms with van der Waals surface area (Å²) in [6.07, 6.45) is 0. The van der Waals surface area contributed by atoms with Crippen LogP contribution in [-0.4, -0.2) is 6.54 Å². The lowest BCUT2D eigenvalue weighted by atomic mass is 10.2. The van der Waals surface area contributed by atoms with Gasteiger partial charge in [0.15, 0.2) is 0 Å². The van der Waals surface area contributed by atoms with Crippen molar-refractivity contribution in [2.75, 3.05) is 6.54 Å². The van der Waals surface area contributed by atoms with Crippen molar-refractivity contribution >= 4 is 35.6 Å². The largest absolute Gasteiger partial charge is 0.320 e. The summed E-state index contributed by atoms with van der Waals surface area (Å²) in [5, 5.41) is 1.17. The van der Waals surface area contributed by atoms with E-state index in [1.54, 1.807) is 18.2 Å². The second-order valence-corrected chi connectivity index (χ2v) is 2.97. The summed E-state index contributed by atoms with van der Waals surface area (Å²) in [4.78, 5) is 0. The molecule has 0 saturated heterocycles. The van der Waals surface area contributed by atoms with Gasteiger partial charge in [-0.15, -0.1) is 12.4 Å². The number of hydrogen-bond donors (Lipinski definition) is 1. The summed E-state index contributed by atoms with van der Waals surface area (Å²) in [5.74, 6) is 5.55. The standard InChI is InChI=1S/C9H7Cl2N.ClH/c10-8-4-3-7(2-1-5-12)9(11)6-8;/h3-4,6H,5,12H2;1H. The third kappa shape index (κ3) is 3.89. The number of hydrogen-bond acceptors (Lipinski definition) is 1. The van der Waals surface area contributed by atoms with Gasteiger partial charge in [-0.3, -0.25) is 0 Å². The minimum absolute atomic E-state index is 0. The molecule has 0 fully saturated rings. The van der Waals surface area contributed by atoms with Crippen LogP contribution in [0.3, 0.4) is 0 Å². The van der Waals surface area contributed by atoms with Gasteiger partial charge in [-0.1, -0.05) is 35.0 Å². The molecule has 0 atom stereocenters.